The third-order valence-corrected chi connectivity index (χ3v) is 5.79. The molecule has 1 saturated heterocycles. The fraction of sp³-hybridized carbons (Fsp3) is 0.571. The zero-order valence-corrected chi connectivity index (χ0v) is 13.3. The van der Waals surface area contributed by atoms with Crippen LogP contribution in [0.3, 0.4) is 0 Å². The Morgan fingerprint density at radius 3 is 2.76 bits per heavy atom. The van der Waals surface area contributed by atoms with Gasteiger partial charge in [-0.2, -0.15) is 4.31 Å². The molecule has 0 radical (unpaired) electrons. The zero-order valence-electron chi connectivity index (χ0n) is 12.5. The van der Waals surface area contributed by atoms with Crippen LogP contribution >= 0.6 is 0 Å². The minimum absolute atomic E-state index is 0.0458. The molecular weight excluding hydrogens is 295 g/mol. The van der Waals surface area contributed by atoms with E-state index in [-0.39, 0.29) is 16.6 Å². The first-order chi connectivity index (χ1) is 9.90. The molecule has 1 aromatic rings. The average molecular weight is 316 g/mol. The van der Waals surface area contributed by atoms with E-state index in [1.54, 1.807) is 20.2 Å². The van der Waals surface area contributed by atoms with Crippen molar-refractivity contribution in [2.45, 2.75) is 30.9 Å². The van der Waals surface area contributed by atoms with E-state index in [4.69, 9.17) is 4.74 Å². The van der Waals surface area contributed by atoms with Crippen LogP contribution in [-0.2, 0) is 21.3 Å². The lowest BCUT2D eigenvalue weighted by Gasteiger charge is -2.19. The Hall–Kier alpha value is -1.02. The molecule has 1 aromatic carbocycles. The van der Waals surface area contributed by atoms with Crippen molar-refractivity contribution in [1.29, 1.82) is 0 Å². The van der Waals surface area contributed by atoms with Gasteiger partial charge in [-0.25, -0.2) is 12.8 Å². The number of nitrogens with one attached hydrogen (secondary N) is 1. The standard InChI is InChI=1S/C14H21FN2O3S/c1-10-13(15)6-11(8-16-2)7-14(10)21(18,19)17-5-4-12(9-17)20-3/h6-7,12,16H,4-5,8-9H2,1-3H3. The van der Waals surface area contributed by atoms with E-state index in [2.05, 4.69) is 5.32 Å². The summed E-state index contributed by atoms with van der Waals surface area (Å²) in [5.41, 5.74) is 0.775. The van der Waals surface area contributed by atoms with Gasteiger partial charge in [0.1, 0.15) is 5.82 Å². The summed E-state index contributed by atoms with van der Waals surface area (Å²) in [6.07, 6.45) is 0.568. The van der Waals surface area contributed by atoms with E-state index in [1.807, 2.05) is 0 Å². The Morgan fingerprint density at radius 1 is 1.48 bits per heavy atom. The van der Waals surface area contributed by atoms with Gasteiger partial charge in [0.25, 0.3) is 0 Å². The predicted octanol–water partition coefficient (Wildman–Crippen LogP) is 1.26. The molecule has 0 aromatic heterocycles. The summed E-state index contributed by atoms with van der Waals surface area (Å²) in [7, 11) is -0.390. The van der Waals surface area contributed by atoms with Crippen molar-refractivity contribution < 1.29 is 17.5 Å². The molecule has 0 aliphatic carbocycles. The lowest BCUT2D eigenvalue weighted by atomic mass is 10.1. The fourth-order valence-corrected chi connectivity index (χ4v) is 4.30. The molecule has 1 fully saturated rings. The Balaban J connectivity index is 2.40. The van der Waals surface area contributed by atoms with Gasteiger partial charge in [0.05, 0.1) is 11.0 Å². The summed E-state index contributed by atoms with van der Waals surface area (Å²) in [6.45, 7) is 2.63. The Bertz CT molecular complexity index is 619. The van der Waals surface area contributed by atoms with Crippen molar-refractivity contribution in [3.8, 4) is 0 Å². The van der Waals surface area contributed by atoms with Crippen molar-refractivity contribution in [1.82, 2.24) is 9.62 Å². The van der Waals surface area contributed by atoms with Crippen molar-refractivity contribution in [3.05, 3.63) is 29.1 Å². The van der Waals surface area contributed by atoms with Crippen LogP contribution in [0.5, 0.6) is 0 Å². The lowest BCUT2D eigenvalue weighted by molar-refractivity contribution is 0.115. The molecule has 0 amide bonds. The number of rotatable bonds is 5. The largest absolute Gasteiger partial charge is 0.380 e. The Morgan fingerprint density at radius 2 is 2.19 bits per heavy atom. The van der Waals surface area contributed by atoms with Gasteiger partial charge in [0, 0.05) is 32.3 Å². The van der Waals surface area contributed by atoms with Gasteiger partial charge < -0.3 is 10.1 Å². The van der Waals surface area contributed by atoms with Crippen LogP contribution in [0.15, 0.2) is 17.0 Å². The van der Waals surface area contributed by atoms with Gasteiger partial charge >= 0.3 is 0 Å². The highest BCUT2D eigenvalue weighted by atomic mass is 32.2. The molecule has 1 N–H and O–H groups in total. The molecule has 0 spiro atoms. The van der Waals surface area contributed by atoms with Crippen molar-refractivity contribution >= 4 is 10.0 Å². The highest BCUT2D eigenvalue weighted by molar-refractivity contribution is 7.89. The molecule has 21 heavy (non-hydrogen) atoms. The van der Waals surface area contributed by atoms with Crippen molar-refractivity contribution in [2.24, 2.45) is 0 Å². The number of methoxy groups -OCH3 is 1. The molecule has 0 saturated carbocycles. The second-order valence-electron chi connectivity index (χ2n) is 5.24. The van der Waals surface area contributed by atoms with E-state index in [0.29, 0.717) is 31.6 Å². The molecule has 1 unspecified atom stereocenters. The highest BCUT2D eigenvalue weighted by Gasteiger charge is 2.34. The molecule has 1 aliphatic heterocycles. The highest BCUT2D eigenvalue weighted by Crippen LogP contribution is 2.27. The van der Waals surface area contributed by atoms with Crippen LogP contribution in [0, 0.1) is 12.7 Å². The second kappa shape index (κ2) is 6.39. The van der Waals surface area contributed by atoms with Crippen LogP contribution < -0.4 is 5.32 Å². The van der Waals surface area contributed by atoms with Crippen LogP contribution in [0.25, 0.3) is 0 Å². The molecular formula is C14H21FN2O3S. The van der Waals surface area contributed by atoms with Gasteiger partial charge in [-0.05, 0) is 38.1 Å². The number of sulfonamides is 1. The quantitative estimate of drug-likeness (QED) is 0.888. The fourth-order valence-electron chi connectivity index (χ4n) is 2.53. The summed E-state index contributed by atoms with van der Waals surface area (Å²) in [5, 5.41) is 2.90. The molecule has 1 heterocycles. The van der Waals surface area contributed by atoms with Crippen molar-refractivity contribution in [2.75, 3.05) is 27.2 Å². The molecule has 5 nitrogen and oxygen atoms in total. The van der Waals surface area contributed by atoms with Crippen LogP contribution in [0.2, 0.25) is 0 Å². The van der Waals surface area contributed by atoms with E-state index >= 15 is 0 Å². The molecule has 7 heteroatoms. The third kappa shape index (κ3) is 3.26. The predicted molar refractivity (Wildman–Crippen MR) is 78.1 cm³/mol. The maximum atomic E-state index is 14.0. The number of hydrogen-bond donors (Lipinski definition) is 1. The summed E-state index contributed by atoms with van der Waals surface area (Å²) < 4.78 is 46.0. The SMILES string of the molecule is CNCc1cc(F)c(C)c(S(=O)(=O)N2CCC(OC)C2)c1. The first kappa shape index (κ1) is 16.4. The number of nitrogens with zero attached hydrogens (tertiary/aromatic N) is 1. The molecule has 0 bridgehead atoms. The minimum atomic E-state index is -3.69. The number of benzene rings is 1. The number of ether oxygens (including phenoxy) is 1. The van der Waals surface area contributed by atoms with Crippen LogP contribution in [0.1, 0.15) is 17.5 Å². The zero-order chi connectivity index (χ0) is 15.6. The van der Waals surface area contributed by atoms with E-state index in [9.17, 15) is 12.8 Å². The van der Waals surface area contributed by atoms with Crippen LogP contribution in [-0.4, -0.2) is 46.1 Å². The third-order valence-electron chi connectivity index (χ3n) is 3.80. The number of hydrogen-bond acceptors (Lipinski definition) is 4. The van der Waals surface area contributed by atoms with Gasteiger partial charge in [-0.3, -0.25) is 0 Å². The Kier molecular flexibility index (Phi) is 4.98. The minimum Gasteiger partial charge on any atom is -0.380 e. The van der Waals surface area contributed by atoms with Crippen LogP contribution in [0.4, 0.5) is 4.39 Å². The second-order valence-corrected chi connectivity index (χ2v) is 7.15. The molecule has 1 aliphatic rings. The summed E-state index contributed by atoms with van der Waals surface area (Å²) in [6, 6.07) is 2.91. The van der Waals surface area contributed by atoms with E-state index < -0.39 is 15.8 Å². The maximum Gasteiger partial charge on any atom is 0.243 e. The molecule has 118 valence electrons. The number of halogens is 1. The first-order valence-electron chi connectivity index (χ1n) is 6.86. The van der Waals surface area contributed by atoms with Gasteiger partial charge in [-0.15, -0.1) is 0 Å². The van der Waals surface area contributed by atoms with Gasteiger partial charge in [0.2, 0.25) is 10.0 Å². The van der Waals surface area contributed by atoms with Gasteiger partial charge in [0.15, 0.2) is 0 Å². The average Bonchev–Trinajstić information content (AvgIpc) is 2.92. The summed E-state index contributed by atoms with van der Waals surface area (Å²) in [4.78, 5) is 0.0458. The topological polar surface area (TPSA) is 58.6 Å². The first-order valence-corrected chi connectivity index (χ1v) is 8.30. The van der Waals surface area contributed by atoms with E-state index in [0.717, 1.165) is 0 Å². The smallest absolute Gasteiger partial charge is 0.243 e. The Labute approximate surface area is 125 Å². The van der Waals surface area contributed by atoms with E-state index in [1.165, 1.54) is 17.3 Å². The molecule has 1 atom stereocenters. The van der Waals surface area contributed by atoms with Gasteiger partial charge in [-0.1, -0.05) is 0 Å². The normalized spacial score (nSPS) is 20.1. The maximum absolute atomic E-state index is 14.0. The molecule has 2 rings (SSSR count). The lowest BCUT2D eigenvalue weighted by Crippen LogP contribution is -2.31. The summed E-state index contributed by atoms with van der Waals surface area (Å²) >= 11 is 0. The monoisotopic (exact) mass is 316 g/mol. The van der Waals surface area contributed by atoms with Crippen molar-refractivity contribution in [3.63, 3.8) is 0 Å². The summed E-state index contributed by atoms with van der Waals surface area (Å²) in [5.74, 6) is -0.496.